The van der Waals surface area contributed by atoms with Crippen LogP contribution in [0.5, 0.6) is 0 Å². The van der Waals surface area contributed by atoms with Crippen molar-refractivity contribution in [2.24, 2.45) is 0 Å². The first kappa shape index (κ1) is 16.9. The first-order valence-corrected chi connectivity index (χ1v) is 10.2. The maximum Gasteiger partial charge on any atom is 0.305 e. The molecular formula is C17H14FN3O3S2. The minimum Gasteiger partial charge on any atom is -0.481 e. The topological polar surface area (TPSA) is 92.2 Å². The van der Waals surface area contributed by atoms with Crippen LogP contribution in [-0.4, -0.2) is 32.2 Å². The molecule has 3 heterocycles. The predicted molar refractivity (Wildman–Crippen MR) is 99.4 cm³/mol. The number of anilines is 1. The zero-order valence-electron chi connectivity index (χ0n) is 13.3. The number of pyridine rings is 1. The Labute approximate surface area is 154 Å². The second kappa shape index (κ2) is 6.65. The molecular weight excluding hydrogens is 377 g/mol. The van der Waals surface area contributed by atoms with Gasteiger partial charge in [-0.05, 0) is 24.3 Å². The fraction of sp³-hybridized carbons (Fsp3) is 0.176. The maximum atomic E-state index is 13.9. The molecule has 0 radical (unpaired) electrons. The molecule has 9 heteroatoms. The molecule has 2 N–H and O–H groups in total. The lowest BCUT2D eigenvalue weighted by Crippen LogP contribution is -2.36. The highest BCUT2D eigenvalue weighted by Crippen LogP contribution is 2.48. The van der Waals surface area contributed by atoms with Crippen molar-refractivity contribution in [3.63, 3.8) is 0 Å². The Balaban J connectivity index is 1.71. The number of rotatable bonds is 4. The van der Waals surface area contributed by atoms with Gasteiger partial charge in [-0.25, -0.2) is 14.4 Å². The van der Waals surface area contributed by atoms with Crippen LogP contribution in [0.25, 0.3) is 10.2 Å². The van der Waals surface area contributed by atoms with Crippen LogP contribution in [0.3, 0.4) is 0 Å². The number of aliphatic carboxylic acids is 1. The number of fused-ring (bicyclic) bond motifs is 2. The van der Waals surface area contributed by atoms with Crippen LogP contribution in [0.1, 0.15) is 11.4 Å². The average molecular weight is 391 g/mol. The van der Waals surface area contributed by atoms with E-state index in [2.05, 4.69) is 15.3 Å². The van der Waals surface area contributed by atoms with Crippen LogP contribution < -0.4 is 5.32 Å². The number of carboxylic acid groups (broad SMARTS) is 1. The fourth-order valence-electron chi connectivity index (χ4n) is 2.90. The van der Waals surface area contributed by atoms with E-state index >= 15 is 0 Å². The Kier molecular flexibility index (Phi) is 4.33. The summed E-state index contributed by atoms with van der Waals surface area (Å²) in [5.41, 5.74) is 0.977. The Bertz CT molecular complexity index is 1020. The lowest BCUT2D eigenvalue weighted by atomic mass is 10.2. The molecule has 26 heavy (non-hydrogen) atoms. The third-order valence-corrected chi connectivity index (χ3v) is 7.58. The fourth-order valence-corrected chi connectivity index (χ4v) is 6.34. The van der Waals surface area contributed by atoms with Crippen molar-refractivity contribution < 1.29 is 19.1 Å². The van der Waals surface area contributed by atoms with E-state index in [9.17, 15) is 14.0 Å². The van der Waals surface area contributed by atoms with E-state index in [1.54, 1.807) is 30.5 Å². The number of carbonyl (C=O) groups is 2. The normalized spacial score (nSPS) is 20.6. The van der Waals surface area contributed by atoms with Gasteiger partial charge in [-0.15, -0.1) is 22.2 Å². The number of carboxylic acids is 1. The minimum atomic E-state index is -1.39. The van der Waals surface area contributed by atoms with Gasteiger partial charge < -0.3 is 10.4 Å². The van der Waals surface area contributed by atoms with Crippen LogP contribution >= 0.6 is 22.2 Å². The van der Waals surface area contributed by atoms with Crippen molar-refractivity contribution in [1.82, 2.24) is 9.97 Å². The van der Waals surface area contributed by atoms with E-state index in [0.29, 0.717) is 27.0 Å². The zero-order chi connectivity index (χ0) is 18.3. The Hall–Kier alpha value is -2.52. The summed E-state index contributed by atoms with van der Waals surface area (Å²) in [5.74, 6) is -1.11. The van der Waals surface area contributed by atoms with E-state index in [1.165, 1.54) is 17.4 Å². The molecule has 1 aliphatic heterocycles. The summed E-state index contributed by atoms with van der Waals surface area (Å²) >= 11 is 1.35. The molecule has 0 aliphatic carbocycles. The molecule has 2 aromatic heterocycles. The van der Waals surface area contributed by atoms with E-state index in [-0.39, 0.29) is 11.5 Å². The van der Waals surface area contributed by atoms with Crippen molar-refractivity contribution >= 4 is 49.2 Å². The molecule has 2 atom stereocenters. The third-order valence-electron chi connectivity index (χ3n) is 4.02. The molecule has 0 fully saturated rings. The molecule has 6 nitrogen and oxygen atoms in total. The molecule has 0 saturated heterocycles. The number of hydrogen-bond acceptors (Lipinski definition) is 6. The highest BCUT2D eigenvalue weighted by atomic mass is 32.2. The van der Waals surface area contributed by atoms with Crippen molar-refractivity contribution in [3.05, 3.63) is 47.4 Å². The number of halogens is 1. The molecule has 3 aromatic rings. The summed E-state index contributed by atoms with van der Waals surface area (Å²) in [5, 5.41) is 13.2. The number of thiol groups is 1. The molecule has 1 aromatic carbocycles. The van der Waals surface area contributed by atoms with Gasteiger partial charge in [0.1, 0.15) is 27.4 Å². The quantitative estimate of drug-likeness (QED) is 0.592. The van der Waals surface area contributed by atoms with E-state index in [4.69, 9.17) is 5.11 Å². The van der Waals surface area contributed by atoms with Crippen LogP contribution in [-0.2, 0) is 15.3 Å². The highest BCUT2D eigenvalue weighted by molar-refractivity contribution is 8.29. The highest BCUT2D eigenvalue weighted by Gasteiger charge is 2.35. The Morgan fingerprint density at radius 2 is 2.19 bits per heavy atom. The summed E-state index contributed by atoms with van der Waals surface area (Å²) in [7, 11) is -1.39. The van der Waals surface area contributed by atoms with Crippen molar-refractivity contribution in [2.75, 3.05) is 5.32 Å². The van der Waals surface area contributed by atoms with Gasteiger partial charge in [0.15, 0.2) is 5.12 Å². The van der Waals surface area contributed by atoms with Crippen LogP contribution in [0, 0.1) is 5.82 Å². The molecule has 0 spiro atoms. The monoisotopic (exact) mass is 391 g/mol. The largest absolute Gasteiger partial charge is 0.481 e. The van der Waals surface area contributed by atoms with Gasteiger partial charge in [0.25, 0.3) is 0 Å². The lowest BCUT2D eigenvalue weighted by molar-refractivity contribution is -0.138. The van der Waals surface area contributed by atoms with Crippen LogP contribution in [0.4, 0.5) is 10.1 Å². The number of hydrogen-bond donors (Lipinski definition) is 3. The number of nitrogens with one attached hydrogen (secondary N) is 1. The summed E-state index contributed by atoms with van der Waals surface area (Å²) in [6.07, 6.45) is 1.32. The summed E-state index contributed by atoms with van der Waals surface area (Å²) in [6, 6.07) is 7.50. The second-order valence-corrected chi connectivity index (χ2v) is 8.94. The predicted octanol–water partition coefficient (Wildman–Crippen LogP) is 3.19. The minimum absolute atomic E-state index is 0.173. The second-order valence-electron chi connectivity index (χ2n) is 5.79. The molecule has 134 valence electrons. The molecule has 0 bridgehead atoms. The van der Waals surface area contributed by atoms with Gasteiger partial charge in [0.05, 0.1) is 16.8 Å². The van der Waals surface area contributed by atoms with Gasteiger partial charge >= 0.3 is 5.97 Å². The Morgan fingerprint density at radius 3 is 2.96 bits per heavy atom. The number of carbonyl (C=O) groups excluding carboxylic acids is 1. The first-order valence-electron chi connectivity index (χ1n) is 7.81. The number of aromatic nitrogens is 2. The average Bonchev–Trinajstić information content (AvgIpc) is 3.02. The van der Waals surface area contributed by atoms with E-state index in [0.717, 1.165) is 4.70 Å². The molecule has 0 saturated carbocycles. The number of nitrogens with zero attached hydrogens (tertiary/aromatic N) is 2. The molecule has 2 unspecified atom stereocenters. The summed E-state index contributed by atoms with van der Waals surface area (Å²) in [4.78, 5) is 32.6. The standard InChI is InChI=1S/C17H14FN3O3S2/c18-9-3-1-5-12-15(9)21-13(25-12)8-26-16-10(4-2-6-19-16)20-11(17(26)24)7-14(22)23/h1-6,11,20,26H,7-8H2,(H,22,23). The summed E-state index contributed by atoms with van der Waals surface area (Å²) in [6.45, 7) is 0. The van der Waals surface area contributed by atoms with Gasteiger partial charge in [-0.2, -0.15) is 0 Å². The number of thiazole rings is 1. The lowest BCUT2D eigenvalue weighted by Gasteiger charge is -2.32. The smallest absolute Gasteiger partial charge is 0.305 e. The van der Waals surface area contributed by atoms with E-state index in [1.807, 2.05) is 0 Å². The van der Waals surface area contributed by atoms with Gasteiger partial charge in [-0.1, -0.05) is 6.07 Å². The van der Waals surface area contributed by atoms with Crippen molar-refractivity contribution in [2.45, 2.75) is 23.2 Å². The Morgan fingerprint density at radius 1 is 1.35 bits per heavy atom. The first-order chi connectivity index (χ1) is 12.5. The summed E-state index contributed by atoms with van der Waals surface area (Å²) < 4.78 is 14.6. The zero-order valence-corrected chi connectivity index (χ0v) is 15.1. The van der Waals surface area contributed by atoms with Gasteiger partial charge in [-0.3, -0.25) is 9.59 Å². The van der Waals surface area contributed by atoms with Crippen LogP contribution in [0.2, 0.25) is 0 Å². The van der Waals surface area contributed by atoms with E-state index < -0.39 is 28.7 Å². The SMILES string of the molecule is O=C(O)CC1Nc2cccnc2[SH](Cc2nc3c(F)cccc3s2)C1=O. The molecule has 0 amide bonds. The van der Waals surface area contributed by atoms with Crippen molar-refractivity contribution in [1.29, 1.82) is 0 Å². The third kappa shape index (κ3) is 3.04. The van der Waals surface area contributed by atoms with Gasteiger partial charge in [0, 0.05) is 11.9 Å². The van der Waals surface area contributed by atoms with Crippen LogP contribution in [0.15, 0.2) is 41.6 Å². The number of benzene rings is 1. The number of para-hydroxylation sites is 1. The maximum absolute atomic E-state index is 13.9. The van der Waals surface area contributed by atoms with Crippen molar-refractivity contribution in [3.8, 4) is 0 Å². The molecule has 1 aliphatic rings. The van der Waals surface area contributed by atoms with Gasteiger partial charge in [0.2, 0.25) is 0 Å². The molecule has 4 rings (SSSR count).